The van der Waals surface area contributed by atoms with Gasteiger partial charge in [0, 0.05) is 6.07 Å². The van der Waals surface area contributed by atoms with Gasteiger partial charge >= 0.3 is 5.63 Å². The molecule has 0 unspecified atom stereocenters. The van der Waals surface area contributed by atoms with Crippen LogP contribution in [0.15, 0.2) is 44.6 Å². The van der Waals surface area contributed by atoms with Gasteiger partial charge in [-0.15, -0.1) is 0 Å². The number of nitrogens with zero attached hydrogens (tertiary/aromatic N) is 1. The lowest BCUT2D eigenvalue weighted by Gasteiger charge is -2.05. The molecule has 0 aliphatic rings. The third-order valence-corrected chi connectivity index (χ3v) is 2.86. The molecule has 2 rings (SSSR count). The van der Waals surface area contributed by atoms with Crippen molar-refractivity contribution < 1.29 is 18.7 Å². The van der Waals surface area contributed by atoms with Crippen molar-refractivity contribution >= 4 is 11.6 Å². The lowest BCUT2D eigenvalue weighted by atomic mass is 10.2. The maximum atomic E-state index is 13.4. The molecule has 1 aromatic heterocycles. The highest BCUT2D eigenvalue weighted by Gasteiger charge is 2.14. The first-order valence-electron chi connectivity index (χ1n) is 6.33. The number of aromatic hydroxyl groups is 1. The summed E-state index contributed by atoms with van der Waals surface area (Å²) in [6.07, 6.45) is 0. The van der Waals surface area contributed by atoms with Crippen LogP contribution in [0.1, 0.15) is 28.6 Å². The molecule has 0 atom stereocenters. The van der Waals surface area contributed by atoms with Crippen LogP contribution in [-0.2, 0) is 0 Å². The molecular weight excluding hydrogens is 291 g/mol. The summed E-state index contributed by atoms with van der Waals surface area (Å²) in [6.45, 7) is 2.92. The van der Waals surface area contributed by atoms with Crippen molar-refractivity contribution in [3.63, 3.8) is 0 Å². The Morgan fingerprint density at radius 2 is 2.05 bits per heavy atom. The van der Waals surface area contributed by atoms with Gasteiger partial charge in [0.15, 0.2) is 0 Å². The van der Waals surface area contributed by atoms with Gasteiger partial charge in [0.05, 0.1) is 11.3 Å². The first-order valence-corrected chi connectivity index (χ1v) is 6.33. The highest BCUT2D eigenvalue weighted by molar-refractivity contribution is 6.02. The summed E-state index contributed by atoms with van der Waals surface area (Å²) in [5, 5.41) is 13.4. The molecule has 1 aromatic carbocycles. The molecule has 6 nitrogen and oxygen atoms in total. The fourth-order valence-corrected chi connectivity index (χ4v) is 1.83. The Kier molecular flexibility index (Phi) is 4.36. The number of hydrogen-bond donors (Lipinski definition) is 2. The Labute approximate surface area is 124 Å². The average molecular weight is 304 g/mol. The fourth-order valence-electron chi connectivity index (χ4n) is 1.83. The van der Waals surface area contributed by atoms with E-state index in [9.17, 15) is 19.1 Å². The van der Waals surface area contributed by atoms with E-state index in [4.69, 9.17) is 4.42 Å². The quantitative estimate of drug-likeness (QED) is 0.669. The number of benzene rings is 1. The minimum Gasteiger partial charge on any atom is -0.507 e. The zero-order valence-corrected chi connectivity index (χ0v) is 11.9. The van der Waals surface area contributed by atoms with Gasteiger partial charge in [0.1, 0.15) is 22.9 Å². The van der Waals surface area contributed by atoms with Crippen molar-refractivity contribution in [2.24, 2.45) is 5.10 Å². The van der Waals surface area contributed by atoms with Crippen molar-refractivity contribution in [1.29, 1.82) is 0 Å². The van der Waals surface area contributed by atoms with Crippen molar-refractivity contribution in [3.8, 4) is 5.75 Å². The first kappa shape index (κ1) is 15.4. The number of nitrogens with one attached hydrogen (secondary N) is 1. The van der Waals surface area contributed by atoms with E-state index < -0.39 is 17.3 Å². The van der Waals surface area contributed by atoms with Gasteiger partial charge in [-0.2, -0.15) is 5.10 Å². The Hall–Kier alpha value is -2.96. The van der Waals surface area contributed by atoms with E-state index in [0.717, 1.165) is 6.07 Å². The van der Waals surface area contributed by atoms with Gasteiger partial charge in [0.2, 0.25) is 0 Å². The van der Waals surface area contributed by atoms with Gasteiger partial charge in [0.25, 0.3) is 5.91 Å². The average Bonchev–Trinajstić information content (AvgIpc) is 2.44. The van der Waals surface area contributed by atoms with Crippen LogP contribution in [0.3, 0.4) is 0 Å². The van der Waals surface area contributed by atoms with E-state index in [1.807, 2.05) is 0 Å². The second-order valence-corrected chi connectivity index (χ2v) is 4.52. The molecule has 0 aliphatic heterocycles. The van der Waals surface area contributed by atoms with Gasteiger partial charge in [-0.05, 0) is 26.0 Å². The molecule has 2 aromatic rings. The molecule has 0 saturated heterocycles. The smallest absolute Gasteiger partial charge is 0.348 e. The summed E-state index contributed by atoms with van der Waals surface area (Å²) >= 11 is 0. The van der Waals surface area contributed by atoms with E-state index >= 15 is 0 Å². The van der Waals surface area contributed by atoms with E-state index in [2.05, 4.69) is 10.5 Å². The predicted molar refractivity (Wildman–Crippen MR) is 77.5 cm³/mol. The Balaban J connectivity index is 2.26. The number of rotatable bonds is 3. The van der Waals surface area contributed by atoms with E-state index in [0.29, 0.717) is 0 Å². The summed E-state index contributed by atoms with van der Waals surface area (Å²) < 4.78 is 18.3. The van der Waals surface area contributed by atoms with Gasteiger partial charge in [-0.3, -0.25) is 4.79 Å². The number of aryl methyl sites for hydroxylation is 1. The summed E-state index contributed by atoms with van der Waals surface area (Å²) in [6, 6.07) is 6.67. The molecule has 22 heavy (non-hydrogen) atoms. The van der Waals surface area contributed by atoms with E-state index in [1.165, 1.54) is 38.1 Å². The van der Waals surface area contributed by atoms with Crippen molar-refractivity contribution in [3.05, 3.63) is 63.5 Å². The molecule has 7 heteroatoms. The molecule has 0 saturated carbocycles. The molecule has 0 aliphatic carbocycles. The third-order valence-electron chi connectivity index (χ3n) is 2.86. The molecule has 114 valence electrons. The fraction of sp³-hybridized carbons (Fsp3) is 0.133. The molecule has 0 radical (unpaired) electrons. The Morgan fingerprint density at radius 3 is 2.68 bits per heavy atom. The Morgan fingerprint density at radius 1 is 1.36 bits per heavy atom. The number of hydrazone groups is 1. The minimum atomic E-state index is -0.779. The zero-order valence-electron chi connectivity index (χ0n) is 11.9. The van der Waals surface area contributed by atoms with Gasteiger partial charge < -0.3 is 9.52 Å². The number of hydrogen-bond acceptors (Lipinski definition) is 5. The highest BCUT2D eigenvalue weighted by atomic mass is 19.1. The molecule has 2 N–H and O–H groups in total. The normalized spacial score (nSPS) is 11.3. The third kappa shape index (κ3) is 3.20. The standard InChI is InChI=1S/C15H13FN2O4/c1-8-7-12(19)13(15(21)22-8)9(2)17-18-14(20)10-5-3-4-6-11(10)16/h3-7,19H,1-2H3,(H,18,20)/b17-9+. The molecule has 0 fully saturated rings. The topological polar surface area (TPSA) is 91.9 Å². The van der Waals surface area contributed by atoms with E-state index in [-0.39, 0.29) is 28.3 Å². The monoisotopic (exact) mass is 304 g/mol. The summed E-state index contributed by atoms with van der Waals surface area (Å²) in [5.74, 6) is -1.52. The lowest BCUT2D eigenvalue weighted by Crippen LogP contribution is -2.22. The van der Waals surface area contributed by atoms with Crippen LogP contribution < -0.4 is 11.1 Å². The maximum Gasteiger partial charge on any atom is 0.348 e. The second kappa shape index (κ2) is 6.21. The number of carbonyl (C=O) groups is 1. The maximum absolute atomic E-state index is 13.4. The van der Waals surface area contributed by atoms with Crippen molar-refractivity contribution in [2.45, 2.75) is 13.8 Å². The van der Waals surface area contributed by atoms with Crippen molar-refractivity contribution in [1.82, 2.24) is 5.43 Å². The van der Waals surface area contributed by atoms with Gasteiger partial charge in [-0.1, -0.05) is 12.1 Å². The van der Waals surface area contributed by atoms with Crippen LogP contribution in [0.2, 0.25) is 0 Å². The number of carbonyl (C=O) groups excluding carboxylic acids is 1. The summed E-state index contributed by atoms with van der Waals surface area (Å²) in [4.78, 5) is 23.5. The van der Waals surface area contributed by atoms with Crippen LogP contribution in [0.5, 0.6) is 5.75 Å². The number of halogens is 1. The molecule has 0 bridgehead atoms. The van der Waals surface area contributed by atoms with Crippen LogP contribution in [0.4, 0.5) is 4.39 Å². The highest BCUT2D eigenvalue weighted by Crippen LogP contribution is 2.15. The molecular formula is C15H13FN2O4. The lowest BCUT2D eigenvalue weighted by molar-refractivity contribution is 0.0950. The summed E-state index contributed by atoms with van der Waals surface area (Å²) in [7, 11) is 0. The van der Waals surface area contributed by atoms with Crippen molar-refractivity contribution in [2.75, 3.05) is 0 Å². The zero-order chi connectivity index (χ0) is 16.3. The van der Waals surface area contributed by atoms with E-state index in [1.54, 1.807) is 0 Å². The second-order valence-electron chi connectivity index (χ2n) is 4.52. The van der Waals surface area contributed by atoms with Crippen LogP contribution in [-0.4, -0.2) is 16.7 Å². The van der Waals surface area contributed by atoms with Crippen LogP contribution >= 0.6 is 0 Å². The number of amides is 1. The van der Waals surface area contributed by atoms with Gasteiger partial charge in [-0.25, -0.2) is 14.6 Å². The SMILES string of the molecule is C/C(=N\NC(=O)c1ccccc1F)c1c(O)cc(C)oc1=O. The summed E-state index contributed by atoms with van der Waals surface area (Å²) in [5.41, 5.74) is 1.04. The van der Waals surface area contributed by atoms with Crippen LogP contribution in [0, 0.1) is 12.7 Å². The molecule has 1 amide bonds. The minimum absolute atomic E-state index is 0.0379. The predicted octanol–water partition coefficient (Wildman–Crippen LogP) is 1.95. The van der Waals surface area contributed by atoms with Crippen LogP contribution in [0.25, 0.3) is 0 Å². The Bertz CT molecular complexity index is 811. The first-order chi connectivity index (χ1) is 10.4. The largest absolute Gasteiger partial charge is 0.507 e. The molecule has 1 heterocycles. The molecule has 0 spiro atoms.